The Bertz CT molecular complexity index is 1130. The number of ether oxygens (including phenoxy) is 2. The van der Waals surface area contributed by atoms with E-state index in [1.807, 2.05) is 24.3 Å². The first-order chi connectivity index (χ1) is 14.6. The first kappa shape index (κ1) is 20.2. The topological polar surface area (TPSA) is 77.5 Å². The molecule has 30 heavy (non-hydrogen) atoms. The molecule has 0 radical (unpaired) electrons. The third kappa shape index (κ3) is 4.09. The number of benzene rings is 2. The maximum Gasteiger partial charge on any atom is 0.339 e. The molecule has 154 valence electrons. The van der Waals surface area contributed by atoms with Crippen LogP contribution in [0.1, 0.15) is 34.5 Å². The zero-order valence-corrected chi connectivity index (χ0v) is 17.3. The van der Waals surface area contributed by atoms with Crippen molar-refractivity contribution >= 4 is 40.1 Å². The summed E-state index contributed by atoms with van der Waals surface area (Å²) in [4.78, 5) is 30.1. The minimum absolute atomic E-state index is 0.415. The Morgan fingerprint density at radius 1 is 1.13 bits per heavy atom. The van der Waals surface area contributed by atoms with Gasteiger partial charge in [0.15, 0.2) is 6.61 Å². The molecule has 1 N–H and O–H groups in total. The van der Waals surface area contributed by atoms with Gasteiger partial charge in [-0.1, -0.05) is 29.8 Å². The number of anilines is 1. The van der Waals surface area contributed by atoms with Crippen molar-refractivity contribution in [2.45, 2.75) is 25.7 Å². The second-order valence-electron chi connectivity index (χ2n) is 7.11. The van der Waals surface area contributed by atoms with Gasteiger partial charge >= 0.3 is 5.97 Å². The lowest BCUT2D eigenvalue weighted by Crippen LogP contribution is -2.23. The predicted molar refractivity (Wildman–Crippen MR) is 115 cm³/mol. The first-order valence-corrected chi connectivity index (χ1v) is 10.2. The van der Waals surface area contributed by atoms with E-state index >= 15 is 0 Å². The summed E-state index contributed by atoms with van der Waals surface area (Å²) < 4.78 is 10.6. The lowest BCUT2D eigenvalue weighted by atomic mass is 9.90. The molecule has 0 bridgehead atoms. The normalized spacial score (nSPS) is 12.9. The highest BCUT2D eigenvalue weighted by atomic mass is 35.5. The van der Waals surface area contributed by atoms with Crippen molar-refractivity contribution in [3.05, 3.63) is 64.3 Å². The fourth-order valence-corrected chi connectivity index (χ4v) is 3.95. The maximum absolute atomic E-state index is 13.0. The highest BCUT2D eigenvalue weighted by Crippen LogP contribution is 2.30. The summed E-state index contributed by atoms with van der Waals surface area (Å²) in [6.45, 7) is -0.417. The number of methoxy groups -OCH3 is 1. The van der Waals surface area contributed by atoms with Gasteiger partial charge in [0.25, 0.3) is 5.91 Å². The van der Waals surface area contributed by atoms with Crippen molar-refractivity contribution in [1.82, 2.24) is 4.98 Å². The molecule has 6 nitrogen and oxygen atoms in total. The van der Waals surface area contributed by atoms with E-state index in [2.05, 4.69) is 5.32 Å². The summed E-state index contributed by atoms with van der Waals surface area (Å²) >= 11 is 5.99. The molecule has 1 aliphatic carbocycles. The fraction of sp³-hybridized carbons (Fsp3) is 0.261. The zero-order chi connectivity index (χ0) is 21.1. The number of hydrogen-bond donors (Lipinski definition) is 1. The van der Waals surface area contributed by atoms with Crippen LogP contribution in [0.5, 0.6) is 5.75 Å². The number of esters is 1. The second kappa shape index (κ2) is 8.71. The smallest absolute Gasteiger partial charge is 0.339 e. The molecule has 1 aromatic heterocycles. The van der Waals surface area contributed by atoms with Crippen molar-refractivity contribution in [2.75, 3.05) is 19.0 Å². The molecule has 1 heterocycles. The summed E-state index contributed by atoms with van der Waals surface area (Å²) in [6, 6.07) is 12.4. The van der Waals surface area contributed by atoms with Gasteiger partial charge in [-0.25, -0.2) is 4.79 Å². The fourth-order valence-electron chi connectivity index (χ4n) is 3.77. The molecule has 0 aliphatic heterocycles. The predicted octanol–water partition coefficient (Wildman–Crippen LogP) is 4.57. The van der Waals surface area contributed by atoms with Crippen molar-refractivity contribution in [3.63, 3.8) is 0 Å². The average molecular weight is 425 g/mol. The molecule has 3 aromatic rings. The van der Waals surface area contributed by atoms with Crippen LogP contribution in [0.25, 0.3) is 10.9 Å². The molecule has 0 fully saturated rings. The molecule has 1 aliphatic rings. The third-order valence-electron chi connectivity index (χ3n) is 5.14. The van der Waals surface area contributed by atoms with Crippen LogP contribution in [-0.2, 0) is 22.4 Å². The minimum Gasteiger partial charge on any atom is -0.495 e. The molecule has 7 heteroatoms. The Balaban J connectivity index is 1.54. The quantitative estimate of drug-likeness (QED) is 0.607. The van der Waals surface area contributed by atoms with Gasteiger partial charge in [-0.15, -0.1) is 0 Å². The van der Waals surface area contributed by atoms with E-state index in [4.69, 9.17) is 26.1 Å². The van der Waals surface area contributed by atoms with E-state index in [0.717, 1.165) is 47.8 Å². The van der Waals surface area contributed by atoms with Gasteiger partial charge in [-0.05, 0) is 55.5 Å². The number of aromatic nitrogens is 1. The first-order valence-electron chi connectivity index (χ1n) is 9.78. The largest absolute Gasteiger partial charge is 0.495 e. The van der Waals surface area contributed by atoms with Gasteiger partial charge in [0, 0.05) is 16.1 Å². The standard InChI is InChI=1S/C23H21ClN2O4/c1-29-20-11-10-14(24)12-19(20)26-21(27)13-30-23(28)22-15-6-2-4-8-17(15)25-18-9-5-3-7-16(18)22/h2,4,6,8,10-12H,3,5,7,9,13H2,1H3,(H,26,27). The van der Waals surface area contributed by atoms with Crippen LogP contribution < -0.4 is 10.1 Å². The van der Waals surface area contributed by atoms with Crippen molar-refractivity contribution < 1.29 is 19.1 Å². The van der Waals surface area contributed by atoms with Gasteiger partial charge in [0.1, 0.15) is 5.75 Å². The van der Waals surface area contributed by atoms with E-state index < -0.39 is 18.5 Å². The molecular formula is C23H21ClN2O4. The van der Waals surface area contributed by atoms with Gasteiger partial charge in [-0.3, -0.25) is 9.78 Å². The van der Waals surface area contributed by atoms with Crippen molar-refractivity contribution in [1.29, 1.82) is 0 Å². The molecule has 0 spiro atoms. The summed E-state index contributed by atoms with van der Waals surface area (Å²) in [5.74, 6) is -0.524. The van der Waals surface area contributed by atoms with E-state index in [0.29, 0.717) is 22.0 Å². The van der Waals surface area contributed by atoms with Crippen LogP contribution in [-0.4, -0.2) is 30.6 Å². The number of pyridine rings is 1. The third-order valence-corrected chi connectivity index (χ3v) is 5.38. The lowest BCUT2D eigenvalue weighted by molar-refractivity contribution is -0.119. The van der Waals surface area contributed by atoms with Gasteiger partial charge in [0.2, 0.25) is 0 Å². The van der Waals surface area contributed by atoms with Gasteiger partial charge in [-0.2, -0.15) is 0 Å². The molecular weight excluding hydrogens is 404 g/mol. The minimum atomic E-state index is -0.514. The SMILES string of the molecule is COc1ccc(Cl)cc1NC(=O)COC(=O)c1c2c(nc3ccccc13)CCCC2. The number of para-hydroxylation sites is 1. The van der Waals surface area contributed by atoms with Crippen LogP contribution in [0.3, 0.4) is 0 Å². The molecule has 0 saturated heterocycles. The highest BCUT2D eigenvalue weighted by Gasteiger charge is 2.24. The zero-order valence-electron chi connectivity index (χ0n) is 16.5. The van der Waals surface area contributed by atoms with Crippen LogP contribution in [0, 0.1) is 0 Å². The Hall–Kier alpha value is -3.12. The van der Waals surface area contributed by atoms with E-state index in [-0.39, 0.29) is 0 Å². The Kier molecular flexibility index (Phi) is 5.86. The lowest BCUT2D eigenvalue weighted by Gasteiger charge is -2.20. The summed E-state index contributed by atoms with van der Waals surface area (Å²) in [7, 11) is 1.50. The number of amides is 1. The van der Waals surface area contributed by atoms with Gasteiger partial charge in [0.05, 0.1) is 23.9 Å². The van der Waals surface area contributed by atoms with Crippen LogP contribution in [0.2, 0.25) is 5.02 Å². The number of nitrogens with zero attached hydrogens (tertiary/aromatic N) is 1. The number of nitrogens with one attached hydrogen (secondary N) is 1. The van der Waals surface area contributed by atoms with E-state index in [1.165, 1.54) is 7.11 Å². The molecule has 2 aromatic carbocycles. The Morgan fingerprint density at radius 2 is 1.93 bits per heavy atom. The van der Waals surface area contributed by atoms with Crippen LogP contribution >= 0.6 is 11.6 Å². The molecule has 4 rings (SSSR count). The number of fused-ring (bicyclic) bond motifs is 2. The molecule has 0 unspecified atom stereocenters. The van der Waals surface area contributed by atoms with Gasteiger partial charge < -0.3 is 14.8 Å². The molecule has 0 atom stereocenters. The summed E-state index contributed by atoms with van der Waals surface area (Å²) in [6.07, 6.45) is 3.68. The number of carbonyl (C=O) groups excluding carboxylic acids is 2. The van der Waals surface area contributed by atoms with Crippen LogP contribution in [0.15, 0.2) is 42.5 Å². The monoisotopic (exact) mass is 424 g/mol. The molecule has 1 amide bonds. The van der Waals surface area contributed by atoms with Crippen LogP contribution in [0.4, 0.5) is 5.69 Å². The highest BCUT2D eigenvalue weighted by molar-refractivity contribution is 6.31. The van der Waals surface area contributed by atoms with E-state index in [9.17, 15) is 9.59 Å². The Labute approximate surface area is 179 Å². The molecule has 0 saturated carbocycles. The number of aryl methyl sites for hydroxylation is 1. The Morgan fingerprint density at radius 3 is 2.77 bits per heavy atom. The number of carbonyl (C=O) groups is 2. The summed E-state index contributed by atoms with van der Waals surface area (Å²) in [5.41, 5.74) is 3.57. The summed E-state index contributed by atoms with van der Waals surface area (Å²) in [5, 5.41) is 3.88. The van der Waals surface area contributed by atoms with Crippen molar-refractivity contribution in [2.24, 2.45) is 0 Å². The number of rotatable bonds is 5. The number of hydrogen-bond acceptors (Lipinski definition) is 5. The van der Waals surface area contributed by atoms with Crippen molar-refractivity contribution in [3.8, 4) is 5.75 Å². The maximum atomic E-state index is 13.0. The number of halogens is 1. The second-order valence-corrected chi connectivity index (χ2v) is 7.54. The average Bonchev–Trinajstić information content (AvgIpc) is 2.76. The van der Waals surface area contributed by atoms with E-state index in [1.54, 1.807) is 18.2 Å².